The van der Waals surface area contributed by atoms with E-state index in [2.05, 4.69) is 25.2 Å². The summed E-state index contributed by atoms with van der Waals surface area (Å²) in [6, 6.07) is 13.0. The Labute approximate surface area is 189 Å². The number of aromatic nitrogens is 1. The number of nitrogens with zero attached hydrogens (tertiary/aromatic N) is 1. The molecule has 12 heteroatoms. The number of sulfonamides is 1. The van der Waals surface area contributed by atoms with E-state index in [1.165, 1.54) is 61.7 Å². The number of hydrogen-bond acceptors (Lipinski definition) is 8. The average Bonchev–Trinajstić information content (AvgIpc) is 3.17. The highest BCUT2D eigenvalue weighted by Crippen LogP contribution is 2.18. The lowest BCUT2D eigenvalue weighted by Gasteiger charge is -2.11. The summed E-state index contributed by atoms with van der Waals surface area (Å²) in [6.45, 7) is 1.64. The van der Waals surface area contributed by atoms with Crippen molar-refractivity contribution in [2.45, 2.75) is 11.8 Å². The number of nitrogens with one attached hydrogen (secondary N) is 3. The SMILES string of the molecule is COC(=O)c1ccc(C(=O)NC(=S)Nc2ccc(S(=O)(=O)Nc3cc(C)on3)cc2)cc1. The summed E-state index contributed by atoms with van der Waals surface area (Å²) in [6.07, 6.45) is 0. The molecule has 1 aromatic heterocycles. The topological polar surface area (TPSA) is 140 Å². The van der Waals surface area contributed by atoms with E-state index in [1.807, 2.05) is 0 Å². The second kappa shape index (κ2) is 9.58. The zero-order valence-corrected chi connectivity index (χ0v) is 18.5. The van der Waals surface area contributed by atoms with Gasteiger partial charge in [-0.2, -0.15) is 0 Å². The number of esters is 1. The Bertz CT molecular complexity index is 1250. The smallest absolute Gasteiger partial charge is 0.337 e. The van der Waals surface area contributed by atoms with Crippen LogP contribution in [0.4, 0.5) is 11.5 Å². The lowest BCUT2D eigenvalue weighted by molar-refractivity contribution is 0.0600. The molecule has 0 aliphatic carbocycles. The maximum atomic E-state index is 12.4. The molecule has 32 heavy (non-hydrogen) atoms. The quantitative estimate of drug-likeness (QED) is 0.363. The predicted molar refractivity (Wildman–Crippen MR) is 120 cm³/mol. The van der Waals surface area contributed by atoms with Crippen molar-refractivity contribution in [1.29, 1.82) is 0 Å². The van der Waals surface area contributed by atoms with Gasteiger partial charge in [-0.15, -0.1) is 0 Å². The van der Waals surface area contributed by atoms with Crippen molar-refractivity contribution in [2.75, 3.05) is 17.1 Å². The summed E-state index contributed by atoms with van der Waals surface area (Å²) in [5.74, 6) is -0.443. The number of aryl methyl sites for hydroxylation is 1. The van der Waals surface area contributed by atoms with Crippen LogP contribution in [0.1, 0.15) is 26.5 Å². The predicted octanol–water partition coefficient (Wildman–Crippen LogP) is 2.70. The Morgan fingerprint density at radius 1 is 1.03 bits per heavy atom. The molecular weight excluding hydrogens is 456 g/mol. The van der Waals surface area contributed by atoms with Crippen LogP contribution >= 0.6 is 12.2 Å². The third-order valence-corrected chi connectivity index (χ3v) is 5.66. The molecule has 0 fully saturated rings. The molecular formula is C20H18N4O6S2. The minimum atomic E-state index is -3.85. The molecule has 0 bridgehead atoms. The van der Waals surface area contributed by atoms with Crippen LogP contribution in [0.3, 0.4) is 0 Å². The van der Waals surface area contributed by atoms with Gasteiger partial charge in [0.25, 0.3) is 15.9 Å². The van der Waals surface area contributed by atoms with Crippen LogP contribution in [0.2, 0.25) is 0 Å². The number of amides is 1. The molecule has 0 atom stereocenters. The first-order valence-corrected chi connectivity index (χ1v) is 10.9. The molecule has 0 aliphatic rings. The summed E-state index contributed by atoms with van der Waals surface area (Å²) in [4.78, 5) is 23.8. The van der Waals surface area contributed by atoms with Crippen LogP contribution in [-0.2, 0) is 14.8 Å². The van der Waals surface area contributed by atoms with Gasteiger partial charge >= 0.3 is 5.97 Å². The molecule has 0 saturated heterocycles. The van der Waals surface area contributed by atoms with Crippen LogP contribution in [0.5, 0.6) is 0 Å². The molecule has 1 amide bonds. The summed E-state index contributed by atoms with van der Waals surface area (Å²) in [5.41, 5.74) is 1.07. The van der Waals surface area contributed by atoms with Crippen molar-refractivity contribution in [2.24, 2.45) is 0 Å². The first-order chi connectivity index (χ1) is 15.2. The van der Waals surface area contributed by atoms with Crippen molar-refractivity contribution in [3.05, 3.63) is 71.5 Å². The molecule has 0 saturated carbocycles. The van der Waals surface area contributed by atoms with Crippen LogP contribution in [0.25, 0.3) is 0 Å². The van der Waals surface area contributed by atoms with Gasteiger partial charge < -0.3 is 14.6 Å². The van der Waals surface area contributed by atoms with Gasteiger partial charge in [0.15, 0.2) is 10.9 Å². The van der Waals surface area contributed by atoms with Crippen molar-refractivity contribution in [3.63, 3.8) is 0 Å². The van der Waals surface area contributed by atoms with Gasteiger partial charge in [-0.25, -0.2) is 13.2 Å². The molecule has 1 heterocycles. The summed E-state index contributed by atoms with van der Waals surface area (Å²) in [7, 11) is -2.58. The minimum Gasteiger partial charge on any atom is -0.465 e. The summed E-state index contributed by atoms with van der Waals surface area (Å²) in [5, 5.41) is 8.91. The molecule has 0 aliphatic heterocycles. The number of ether oxygens (including phenoxy) is 1. The van der Waals surface area contributed by atoms with Gasteiger partial charge in [0.2, 0.25) is 0 Å². The van der Waals surface area contributed by atoms with Gasteiger partial charge in [-0.3, -0.25) is 14.8 Å². The van der Waals surface area contributed by atoms with Gasteiger partial charge in [0.1, 0.15) is 5.76 Å². The third-order valence-electron chi connectivity index (χ3n) is 4.08. The summed E-state index contributed by atoms with van der Waals surface area (Å²) < 4.78 is 36.6. The Morgan fingerprint density at radius 3 is 2.22 bits per heavy atom. The monoisotopic (exact) mass is 474 g/mol. The number of carbonyl (C=O) groups excluding carboxylic acids is 2. The molecule has 0 spiro atoms. The Balaban J connectivity index is 1.59. The zero-order chi connectivity index (χ0) is 23.3. The largest absolute Gasteiger partial charge is 0.465 e. The van der Waals surface area contributed by atoms with E-state index in [0.29, 0.717) is 17.0 Å². The van der Waals surface area contributed by atoms with Crippen LogP contribution in [0, 0.1) is 6.92 Å². The number of rotatable bonds is 6. The van der Waals surface area contributed by atoms with Gasteiger partial charge in [0, 0.05) is 17.3 Å². The third kappa shape index (κ3) is 5.68. The number of thiocarbonyl (C=S) groups is 1. The fourth-order valence-electron chi connectivity index (χ4n) is 2.54. The molecule has 166 valence electrons. The van der Waals surface area contributed by atoms with E-state index in [0.717, 1.165) is 0 Å². The van der Waals surface area contributed by atoms with E-state index in [-0.39, 0.29) is 21.4 Å². The van der Waals surface area contributed by atoms with E-state index >= 15 is 0 Å². The Morgan fingerprint density at radius 2 is 1.66 bits per heavy atom. The first-order valence-electron chi connectivity index (χ1n) is 9.05. The van der Waals surface area contributed by atoms with Crippen molar-refractivity contribution < 1.29 is 27.3 Å². The van der Waals surface area contributed by atoms with Gasteiger partial charge in [-0.05, 0) is 67.7 Å². The number of carbonyl (C=O) groups is 2. The number of hydrogen-bond donors (Lipinski definition) is 3. The van der Waals surface area contributed by atoms with Crippen molar-refractivity contribution >= 4 is 50.7 Å². The molecule has 3 rings (SSSR count). The fraction of sp³-hybridized carbons (Fsp3) is 0.100. The van der Waals surface area contributed by atoms with E-state index in [4.69, 9.17) is 16.7 Å². The second-order valence-electron chi connectivity index (χ2n) is 6.43. The van der Waals surface area contributed by atoms with Gasteiger partial charge in [-0.1, -0.05) is 5.16 Å². The Hall–Kier alpha value is -3.77. The normalized spacial score (nSPS) is 10.8. The molecule has 3 N–H and O–H groups in total. The fourth-order valence-corrected chi connectivity index (χ4v) is 3.74. The maximum absolute atomic E-state index is 12.4. The van der Waals surface area contributed by atoms with Crippen LogP contribution < -0.4 is 15.4 Å². The standard InChI is InChI=1S/C20H18N4O6S2/c1-12-11-17(23-30-12)24-32(27,28)16-9-7-15(8-10-16)21-20(31)22-18(25)13-3-5-14(6-4-13)19(26)29-2/h3-11H,1-2H3,(H,23,24)(H2,21,22,25,31). The Kier molecular flexibility index (Phi) is 6.85. The maximum Gasteiger partial charge on any atom is 0.337 e. The molecule has 3 aromatic rings. The highest BCUT2D eigenvalue weighted by atomic mass is 32.2. The number of benzene rings is 2. The highest BCUT2D eigenvalue weighted by Gasteiger charge is 2.16. The number of methoxy groups -OCH3 is 1. The first kappa shape index (κ1) is 22.9. The molecule has 2 aromatic carbocycles. The van der Waals surface area contributed by atoms with Crippen LogP contribution in [0.15, 0.2) is 64.0 Å². The lowest BCUT2D eigenvalue weighted by atomic mass is 10.1. The molecule has 10 nitrogen and oxygen atoms in total. The van der Waals surface area contributed by atoms with Gasteiger partial charge in [0.05, 0.1) is 17.6 Å². The highest BCUT2D eigenvalue weighted by molar-refractivity contribution is 7.92. The van der Waals surface area contributed by atoms with Crippen molar-refractivity contribution in [3.8, 4) is 0 Å². The van der Waals surface area contributed by atoms with Crippen LogP contribution in [-0.4, -0.2) is 37.7 Å². The number of anilines is 2. The average molecular weight is 475 g/mol. The van der Waals surface area contributed by atoms with E-state index in [1.54, 1.807) is 6.92 Å². The van der Waals surface area contributed by atoms with E-state index < -0.39 is 21.9 Å². The second-order valence-corrected chi connectivity index (χ2v) is 8.52. The zero-order valence-electron chi connectivity index (χ0n) is 16.9. The summed E-state index contributed by atoms with van der Waals surface area (Å²) >= 11 is 5.13. The minimum absolute atomic E-state index is 0.00403. The van der Waals surface area contributed by atoms with Crippen molar-refractivity contribution in [1.82, 2.24) is 10.5 Å². The molecule has 0 radical (unpaired) electrons. The lowest BCUT2D eigenvalue weighted by Crippen LogP contribution is -2.34. The molecule has 0 unspecified atom stereocenters. The van der Waals surface area contributed by atoms with E-state index in [9.17, 15) is 18.0 Å².